The number of nitrogens with zero attached hydrogens (tertiary/aromatic N) is 2. The number of hydrogen-bond donors (Lipinski definition) is 0. The van der Waals surface area contributed by atoms with Gasteiger partial charge in [-0.15, -0.1) is 22.7 Å². The maximum atomic E-state index is 4.15. The van der Waals surface area contributed by atoms with E-state index >= 15 is 0 Å². The lowest BCUT2D eigenvalue weighted by Crippen LogP contribution is -1.65. The van der Waals surface area contributed by atoms with Gasteiger partial charge in [0.15, 0.2) is 0 Å². The fraction of sp³-hybridized carbons (Fsp3) is 0. The van der Waals surface area contributed by atoms with Gasteiger partial charge in [-0.05, 0) is 41.1 Å². The summed E-state index contributed by atoms with van der Waals surface area (Å²) in [5, 5.41) is 5.37. The Balaban J connectivity index is 0.000000111. The average Bonchev–Trinajstić information content (AvgIpc) is 3.08. The molecule has 4 aromatic heterocycles. The topological polar surface area (TPSA) is 25.8 Å². The highest BCUT2D eigenvalue weighted by atomic mass is 32.1. The smallest absolute Gasteiger partial charge is 0.0809 e. The van der Waals surface area contributed by atoms with E-state index in [1.807, 2.05) is 36.8 Å². The van der Waals surface area contributed by atoms with E-state index in [2.05, 4.69) is 32.9 Å². The molecule has 0 atom stereocenters. The highest BCUT2D eigenvalue weighted by Crippen LogP contribution is 2.17. The summed E-state index contributed by atoms with van der Waals surface area (Å²) in [4.78, 5) is 8.14. The molecule has 4 aromatic rings. The number of thiophene rings is 2. The minimum atomic E-state index is 1.10. The zero-order valence-corrected chi connectivity index (χ0v) is 11.1. The standard InChI is InChI=1S/2C7H5NS/c1-3-8-5-6-2-4-9-7(1)6;1-2-7-6(8-4-1)3-5-9-7/h2*1-5H. The lowest BCUT2D eigenvalue weighted by atomic mass is 10.4. The van der Waals surface area contributed by atoms with E-state index in [-0.39, 0.29) is 0 Å². The molecule has 0 saturated carbocycles. The molecular formula is C14H10N2S2. The zero-order chi connectivity index (χ0) is 12.2. The van der Waals surface area contributed by atoms with E-state index in [0.717, 1.165) is 5.52 Å². The van der Waals surface area contributed by atoms with Crippen LogP contribution < -0.4 is 0 Å². The molecule has 88 valence electrons. The Kier molecular flexibility index (Phi) is 3.30. The number of hydrogen-bond acceptors (Lipinski definition) is 4. The van der Waals surface area contributed by atoms with Crippen LogP contribution in [0.25, 0.3) is 20.3 Å². The molecule has 0 saturated heterocycles. The van der Waals surface area contributed by atoms with E-state index < -0.39 is 0 Å². The van der Waals surface area contributed by atoms with Crippen molar-refractivity contribution >= 4 is 43.0 Å². The van der Waals surface area contributed by atoms with Gasteiger partial charge in [0.1, 0.15) is 0 Å². The van der Waals surface area contributed by atoms with Crippen molar-refractivity contribution in [2.24, 2.45) is 0 Å². The van der Waals surface area contributed by atoms with Crippen LogP contribution in [0.1, 0.15) is 0 Å². The van der Waals surface area contributed by atoms with Crippen molar-refractivity contribution < 1.29 is 0 Å². The van der Waals surface area contributed by atoms with Gasteiger partial charge in [-0.3, -0.25) is 9.97 Å². The number of rotatable bonds is 0. The molecule has 0 radical (unpaired) electrons. The molecule has 0 aliphatic carbocycles. The predicted octanol–water partition coefficient (Wildman–Crippen LogP) is 4.59. The molecule has 2 nitrogen and oxygen atoms in total. The minimum absolute atomic E-state index is 1.10. The molecule has 0 aromatic carbocycles. The van der Waals surface area contributed by atoms with Crippen LogP contribution in [0.5, 0.6) is 0 Å². The second-order valence-corrected chi connectivity index (χ2v) is 5.54. The monoisotopic (exact) mass is 270 g/mol. The molecule has 0 N–H and O–H groups in total. The van der Waals surface area contributed by atoms with Crippen LogP contribution in [0.3, 0.4) is 0 Å². The molecule has 0 unspecified atom stereocenters. The fourth-order valence-electron chi connectivity index (χ4n) is 1.61. The zero-order valence-electron chi connectivity index (χ0n) is 9.48. The highest BCUT2D eigenvalue weighted by Gasteiger charge is 1.90. The third-order valence-corrected chi connectivity index (χ3v) is 4.24. The van der Waals surface area contributed by atoms with Crippen molar-refractivity contribution in [2.75, 3.05) is 0 Å². The quantitative estimate of drug-likeness (QED) is 0.467. The molecule has 18 heavy (non-hydrogen) atoms. The van der Waals surface area contributed by atoms with Crippen LogP contribution in [0.2, 0.25) is 0 Å². The first-order valence-electron chi connectivity index (χ1n) is 5.49. The summed E-state index contributed by atoms with van der Waals surface area (Å²) in [6.07, 6.45) is 5.51. The van der Waals surface area contributed by atoms with Crippen molar-refractivity contribution in [1.29, 1.82) is 0 Å². The van der Waals surface area contributed by atoms with Crippen molar-refractivity contribution in [3.05, 3.63) is 59.7 Å². The van der Waals surface area contributed by atoms with Gasteiger partial charge in [0.05, 0.1) is 10.2 Å². The summed E-state index contributed by atoms with van der Waals surface area (Å²) in [5.74, 6) is 0. The lowest BCUT2D eigenvalue weighted by Gasteiger charge is -1.81. The van der Waals surface area contributed by atoms with Crippen LogP contribution >= 0.6 is 22.7 Å². The predicted molar refractivity (Wildman–Crippen MR) is 79.2 cm³/mol. The summed E-state index contributed by atoms with van der Waals surface area (Å²) in [5.41, 5.74) is 1.10. The maximum Gasteiger partial charge on any atom is 0.0809 e. The number of aromatic nitrogens is 2. The first-order chi connectivity index (χ1) is 8.93. The van der Waals surface area contributed by atoms with E-state index in [1.54, 1.807) is 22.7 Å². The van der Waals surface area contributed by atoms with Gasteiger partial charge in [-0.25, -0.2) is 0 Å². The van der Waals surface area contributed by atoms with Gasteiger partial charge in [-0.1, -0.05) is 0 Å². The first-order valence-corrected chi connectivity index (χ1v) is 7.25. The second-order valence-electron chi connectivity index (χ2n) is 3.64. The SMILES string of the molecule is c1cc2sccc2cn1.c1cnc2ccsc2c1. The third-order valence-electron chi connectivity index (χ3n) is 2.47. The van der Waals surface area contributed by atoms with Crippen molar-refractivity contribution in [3.63, 3.8) is 0 Å². The van der Waals surface area contributed by atoms with Gasteiger partial charge < -0.3 is 0 Å². The van der Waals surface area contributed by atoms with E-state index in [1.165, 1.54) is 14.8 Å². The molecular weight excluding hydrogens is 260 g/mol. The minimum Gasteiger partial charge on any atom is -0.264 e. The van der Waals surface area contributed by atoms with Gasteiger partial charge >= 0.3 is 0 Å². The van der Waals surface area contributed by atoms with E-state index in [0.29, 0.717) is 0 Å². The second kappa shape index (κ2) is 5.25. The highest BCUT2D eigenvalue weighted by molar-refractivity contribution is 7.17. The summed E-state index contributed by atoms with van der Waals surface area (Å²) < 4.78 is 2.57. The Bertz CT molecular complexity index is 632. The van der Waals surface area contributed by atoms with Crippen molar-refractivity contribution in [3.8, 4) is 0 Å². The third kappa shape index (κ3) is 2.39. The molecule has 0 fully saturated rings. The summed E-state index contributed by atoms with van der Waals surface area (Å²) in [7, 11) is 0. The number of fused-ring (bicyclic) bond motifs is 2. The van der Waals surface area contributed by atoms with E-state index in [9.17, 15) is 0 Å². The summed E-state index contributed by atoms with van der Waals surface area (Å²) in [6.45, 7) is 0. The fourth-order valence-corrected chi connectivity index (χ4v) is 3.11. The van der Waals surface area contributed by atoms with E-state index in [4.69, 9.17) is 0 Å². The Hall–Kier alpha value is -1.78. The van der Waals surface area contributed by atoms with Crippen LogP contribution in [0.4, 0.5) is 0 Å². The number of pyridine rings is 2. The van der Waals surface area contributed by atoms with Crippen LogP contribution in [-0.4, -0.2) is 9.97 Å². The maximum absolute atomic E-state index is 4.15. The molecule has 0 aliphatic heterocycles. The van der Waals surface area contributed by atoms with Crippen LogP contribution in [-0.2, 0) is 0 Å². The Morgan fingerprint density at radius 2 is 1.72 bits per heavy atom. The Morgan fingerprint density at radius 3 is 2.61 bits per heavy atom. The average molecular weight is 270 g/mol. The molecule has 4 heterocycles. The van der Waals surface area contributed by atoms with Gasteiger partial charge in [0.2, 0.25) is 0 Å². The Labute approximate surface area is 113 Å². The molecule has 4 rings (SSSR count). The van der Waals surface area contributed by atoms with Crippen LogP contribution in [0, 0.1) is 0 Å². The first kappa shape index (κ1) is 11.3. The van der Waals surface area contributed by atoms with Crippen LogP contribution in [0.15, 0.2) is 59.7 Å². The summed E-state index contributed by atoms with van der Waals surface area (Å²) in [6, 6.07) is 10.2. The van der Waals surface area contributed by atoms with Gasteiger partial charge in [-0.2, -0.15) is 0 Å². The molecule has 4 heteroatoms. The van der Waals surface area contributed by atoms with Gasteiger partial charge in [0, 0.05) is 28.7 Å². The van der Waals surface area contributed by atoms with Gasteiger partial charge in [0.25, 0.3) is 0 Å². The molecule has 0 aliphatic rings. The van der Waals surface area contributed by atoms with Crippen molar-refractivity contribution in [2.45, 2.75) is 0 Å². The molecule has 0 spiro atoms. The normalized spacial score (nSPS) is 10.2. The van der Waals surface area contributed by atoms with Crippen molar-refractivity contribution in [1.82, 2.24) is 9.97 Å². The molecule has 0 amide bonds. The molecule has 0 bridgehead atoms. The largest absolute Gasteiger partial charge is 0.264 e. The Morgan fingerprint density at radius 1 is 0.833 bits per heavy atom. The summed E-state index contributed by atoms with van der Waals surface area (Å²) >= 11 is 3.47. The lowest BCUT2D eigenvalue weighted by molar-refractivity contribution is 1.37.